The summed E-state index contributed by atoms with van der Waals surface area (Å²) in [6.45, 7) is 2.74. The van der Waals surface area contributed by atoms with Gasteiger partial charge in [0, 0.05) is 55.1 Å². The van der Waals surface area contributed by atoms with Crippen molar-refractivity contribution in [2.75, 3.05) is 25.5 Å². The van der Waals surface area contributed by atoms with Crippen LogP contribution < -0.4 is 15.6 Å². The van der Waals surface area contributed by atoms with Crippen molar-refractivity contribution >= 4 is 34.7 Å². The molecule has 2 aromatic heterocycles. The lowest BCUT2D eigenvalue weighted by Crippen LogP contribution is -2.51. The lowest BCUT2D eigenvalue weighted by atomic mass is 9.84. The number of aromatic nitrogens is 3. The second kappa shape index (κ2) is 11.6. The average molecular weight is 620 g/mol. The minimum absolute atomic E-state index is 0.0339. The molecule has 1 aliphatic heterocycles. The van der Waals surface area contributed by atoms with Crippen molar-refractivity contribution in [3.8, 4) is 5.88 Å². The Morgan fingerprint density at radius 2 is 2.00 bits per heavy atom. The van der Waals surface area contributed by atoms with Crippen LogP contribution >= 0.6 is 11.6 Å². The molecule has 1 aromatic carbocycles. The number of rotatable bonds is 7. The third-order valence-electron chi connectivity index (χ3n) is 8.80. The van der Waals surface area contributed by atoms with Crippen molar-refractivity contribution in [1.82, 2.24) is 19.7 Å². The number of aryl methyl sites for hydroxylation is 2. The minimum Gasteiger partial charge on any atom is -0.481 e. The number of benzene rings is 1. The Morgan fingerprint density at radius 3 is 2.73 bits per heavy atom. The zero-order valence-corrected chi connectivity index (χ0v) is 25.1. The molecule has 12 heteroatoms. The van der Waals surface area contributed by atoms with Gasteiger partial charge in [-0.05, 0) is 60.7 Å². The molecular formula is C32H31ClFN5O5. The van der Waals surface area contributed by atoms with Crippen molar-refractivity contribution in [2.24, 2.45) is 13.0 Å². The maximum atomic E-state index is 15.5. The number of nitrogens with one attached hydrogen (secondary N) is 1. The Labute approximate surface area is 257 Å². The van der Waals surface area contributed by atoms with Crippen LogP contribution in [0.25, 0.3) is 5.57 Å². The van der Waals surface area contributed by atoms with Gasteiger partial charge in [0.1, 0.15) is 11.4 Å². The predicted octanol–water partition coefficient (Wildman–Crippen LogP) is 4.39. The molecule has 228 valence electrons. The summed E-state index contributed by atoms with van der Waals surface area (Å²) in [4.78, 5) is 43.7. The summed E-state index contributed by atoms with van der Waals surface area (Å²) < 4.78 is 22.3. The number of ether oxygens (including phenoxy) is 1. The van der Waals surface area contributed by atoms with E-state index in [-0.39, 0.29) is 23.1 Å². The van der Waals surface area contributed by atoms with E-state index < -0.39 is 34.6 Å². The fourth-order valence-electron chi connectivity index (χ4n) is 6.36. The number of methoxy groups -OCH3 is 1. The number of carboxylic acids is 1. The SMILES string of the molecule is COc1nc(C2C=CC(F)=C(c3cccc(NC(=O)c4ccnn(C)c4=O)c3C)C2Cl)cc2c1[C@H](N1CC(C(=O)O)C1)CC2. The Bertz CT molecular complexity index is 1800. The van der Waals surface area contributed by atoms with Gasteiger partial charge < -0.3 is 15.2 Å². The van der Waals surface area contributed by atoms with Crippen molar-refractivity contribution < 1.29 is 23.8 Å². The van der Waals surface area contributed by atoms with E-state index in [0.29, 0.717) is 41.5 Å². The predicted molar refractivity (Wildman–Crippen MR) is 163 cm³/mol. The molecule has 0 saturated carbocycles. The lowest BCUT2D eigenvalue weighted by Gasteiger charge is -2.41. The number of fused-ring (bicyclic) bond motifs is 1. The van der Waals surface area contributed by atoms with Crippen LogP contribution in [0, 0.1) is 12.8 Å². The van der Waals surface area contributed by atoms with Gasteiger partial charge in [-0.2, -0.15) is 5.10 Å². The quantitative estimate of drug-likeness (QED) is 0.373. The van der Waals surface area contributed by atoms with Gasteiger partial charge in [-0.15, -0.1) is 11.6 Å². The zero-order valence-electron chi connectivity index (χ0n) is 24.4. The molecule has 2 aliphatic carbocycles. The van der Waals surface area contributed by atoms with Crippen LogP contribution in [-0.4, -0.2) is 62.2 Å². The van der Waals surface area contributed by atoms with Gasteiger partial charge in [0.05, 0.1) is 24.1 Å². The summed E-state index contributed by atoms with van der Waals surface area (Å²) >= 11 is 7.05. The minimum atomic E-state index is -0.823. The fraction of sp³-hybridized carbons (Fsp3) is 0.344. The van der Waals surface area contributed by atoms with Gasteiger partial charge in [0.25, 0.3) is 11.5 Å². The van der Waals surface area contributed by atoms with Crippen molar-refractivity contribution in [3.05, 3.63) is 98.4 Å². The number of hydrogen-bond donors (Lipinski definition) is 2. The number of allylic oxidation sites excluding steroid dienone is 4. The number of carboxylic acid groups (broad SMARTS) is 1. The first-order valence-corrected chi connectivity index (χ1v) is 14.7. The van der Waals surface area contributed by atoms with E-state index in [2.05, 4.69) is 15.3 Å². The normalized spacial score (nSPS) is 21.6. The number of halogens is 2. The number of likely N-dealkylation sites (tertiary alicyclic amines) is 1. The van der Waals surface area contributed by atoms with Gasteiger partial charge in [-0.1, -0.05) is 18.2 Å². The average Bonchev–Trinajstić information content (AvgIpc) is 3.38. The molecule has 6 rings (SSSR count). The van der Waals surface area contributed by atoms with Crippen LogP contribution in [0.4, 0.5) is 10.1 Å². The molecule has 44 heavy (non-hydrogen) atoms. The van der Waals surface area contributed by atoms with E-state index in [4.69, 9.17) is 21.3 Å². The van der Waals surface area contributed by atoms with Crippen LogP contribution in [0.15, 0.2) is 59.3 Å². The molecule has 0 radical (unpaired) electrons. The van der Waals surface area contributed by atoms with Gasteiger partial charge in [0.15, 0.2) is 0 Å². The first-order valence-electron chi connectivity index (χ1n) is 14.3. The van der Waals surface area contributed by atoms with Crippen LogP contribution in [0.3, 0.4) is 0 Å². The number of aliphatic carboxylic acids is 1. The molecule has 3 aliphatic rings. The highest BCUT2D eigenvalue weighted by molar-refractivity contribution is 6.27. The molecule has 0 spiro atoms. The Morgan fingerprint density at radius 1 is 1.23 bits per heavy atom. The number of amides is 1. The molecule has 2 unspecified atom stereocenters. The number of hydrogen-bond acceptors (Lipinski definition) is 7. The van der Waals surface area contributed by atoms with Crippen LogP contribution in [0.2, 0.25) is 0 Å². The second-order valence-electron chi connectivity index (χ2n) is 11.3. The standard InChI is InChI=1S/C32H31ClFN5O5/c1-16-19(5-4-6-23(16)36-29(40)21-11-12-35-38(2)31(21)41)27-22(34)9-8-20(28(27)33)24-13-17-7-10-25(26(17)30(37-24)44-3)39-14-18(15-39)32(42)43/h4-6,8-9,11-13,18,20,25,28H,7,10,14-15H2,1-3H3,(H,36,40)(H,42,43)/t20?,25-,28?/m1/s1. The summed E-state index contributed by atoms with van der Waals surface area (Å²) in [5.41, 5.74) is 3.88. The topological polar surface area (TPSA) is 127 Å². The molecule has 1 fully saturated rings. The largest absolute Gasteiger partial charge is 0.481 e. The Kier molecular flexibility index (Phi) is 7.85. The van der Waals surface area contributed by atoms with Crippen LogP contribution in [0.1, 0.15) is 56.7 Å². The molecule has 2 N–H and O–H groups in total. The van der Waals surface area contributed by atoms with Gasteiger partial charge in [0.2, 0.25) is 5.88 Å². The molecular weight excluding hydrogens is 589 g/mol. The number of carbonyl (C=O) groups excluding carboxylic acids is 1. The summed E-state index contributed by atoms with van der Waals surface area (Å²) in [6, 6.07) is 8.50. The van der Waals surface area contributed by atoms with E-state index in [9.17, 15) is 19.5 Å². The molecule has 10 nitrogen and oxygen atoms in total. The highest BCUT2D eigenvalue weighted by Crippen LogP contribution is 2.47. The molecule has 1 amide bonds. The third kappa shape index (κ3) is 5.09. The van der Waals surface area contributed by atoms with Gasteiger partial charge in [-0.25, -0.2) is 14.1 Å². The lowest BCUT2D eigenvalue weighted by molar-refractivity contribution is -0.148. The number of nitrogens with zero attached hydrogens (tertiary/aromatic N) is 4. The molecule has 3 aromatic rings. The number of alkyl halides is 1. The smallest absolute Gasteiger partial charge is 0.309 e. The van der Waals surface area contributed by atoms with E-state index in [1.54, 1.807) is 38.3 Å². The van der Waals surface area contributed by atoms with Gasteiger partial charge >= 0.3 is 5.97 Å². The zero-order chi connectivity index (χ0) is 31.3. The van der Waals surface area contributed by atoms with Crippen LogP contribution in [-0.2, 0) is 18.3 Å². The van der Waals surface area contributed by atoms with Crippen LogP contribution in [0.5, 0.6) is 5.88 Å². The van der Waals surface area contributed by atoms with Crippen molar-refractivity contribution in [1.29, 1.82) is 0 Å². The monoisotopic (exact) mass is 619 g/mol. The number of carbonyl (C=O) groups is 2. The van der Waals surface area contributed by atoms with E-state index in [1.807, 2.05) is 6.07 Å². The van der Waals surface area contributed by atoms with Crippen molar-refractivity contribution in [3.63, 3.8) is 0 Å². The number of pyridine rings is 1. The third-order valence-corrected chi connectivity index (χ3v) is 9.29. The molecule has 3 atom stereocenters. The molecule has 1 saturated heterocycles. The second-order valence-corrected chi connectivity index (χ2v) is 11.8. The Hall–Kier alpha value is -4.35. The highest BCUT2D eigenvalue weighted by Gasteiger charge is 2.42. The number of anilines is 1. The maximum absolute atomic E-state index is 15.5. The maximum Gasteiger partial charge on any atom is 0.309 e. The first-order chi connectivity index (χ1) is 21.1. The summed E-state index contributed by atoms with van der Waals surface area (Å²) in [6.07, 6.45) is 6.07. The van der Waals surface area contributed by atoms with Crippen molar-refractivity contribution in [2.45, 2.75) is 37.1 Å². The van der Waals surface area contributed by atoms with E-state index >= 15 is 4.39 Å². The first kappa shape index (κ1) is 29.7. The summed E-state index contributed by atoms with van der Waals surface area (Å²) in [5.74, 6) is -2.24. The molecule has 0 bridgehead atoms. The Balaban J connectivity index is 1.28. The molecule has 3 heterocycles. The summed E-state index contributed by atoms with van der Waals surface area (Å²) in [5, 5.41) is 15.1. The highest BCUT2D eigenvalue weighted by atomic mass is 35.5. The van der Waals surface area contributed by atoms with Gasteiger partial charge in [-0.3, -0.25) is 19.3 Å². The fourth-order valence-corrected chi connectivity index (χ4v) is 6.80. The van der Waals surface area contributed by atoms with E-state index in [1.165, 1.54) is 25.4 Å². The van der Waals surface area contributed by atoms with E-state index in [0.717, 1.165) is 28.7 Å². The summed E-state index contributed by atoms with van der Waals surface area (Å²) in [7, 11) is 3.02.